The van der Waals surface area contributed by atoms with E-state index in [0.717, 1.165) is 13.1 Å². The molecule has 2 nitrogen and oxygen atoms in total. The number of nitrogens with zero attached hydrogens (tertiary/aromatic N) is 1. The van der Waals surface area contributed by atoms with Gasteiger partial charge >= 0.3 is 0 Å². The predicted octanol–water partition coefficient (Wildman–Crippen LogP) is 3.03. The van der Waals surface area contributed by atoms with Crippen LogP contribution in [0.15, 0.2) is 28.7 Å². The van der Waals surface area contributed by atoms with Gasteiger partial charge in [-0.05, 0) is 54.9 Å². The summed E-state index contributed by atoms with van der Waals surface area (Å²) in [5.41, 5.74) is 1.31. The smallest absolute Gasteiger partial charge is 0.0515 e. The molecule has 2 rings (SSSR count). The highest BCUT2D eigenvalue weighted by atomic mass is 79.9. The summed E-state index contributed by atoms with van der Waals surface area (Å²) in [5.74, 6) is 0. The number of rotatable bonds is 1. The van der Waals surface area contributed by atoms with Crippen molar-refractivity contribution in [1.29, 1.82) is 0 Å². The summed E-state index contributed by atoms with van der Waals surface area (Å²) >= 11 is 3.65. The van der Waals surface area contributed by atoms with Crippen LogP contribution in [0.5, 0.6) is 0 Å². The van der Waals surface area contributed by atoms with Crippen molar-refractivity contribution in [3.63, 3.8) is 0 Å². The summed E-state index contributed by atoms with van der Waals surface area (Å²) in [6.07, 6.45) is 1.20. The lowest BCUT2D eigenvalue weighted by Gasteiger charge is -2.35. The van der Waals surface area contributed by atoms with E-state index in [4.69, 9.17) is 0 Å². The fourth-order valence-electron chi connectivity index (χ4n) is 2.43. The molecule has 0 aliphatic carbocycles. The van der Waals surface area contributed by atoms with Crippen molar-refractivity contribution in [1.82, 2.24) is 5.32 Å². The van der Waals surface area contributed by atoms with Crippen LogP contribution in [0.25, 0.3) is 0 Å². The molecule has 1 heterocycles. The molecule has 1 saturated heterocycles. The minimum atomic E-state index is 0.538. The number of hydrogen-bond acceptors (Lipinski definition) is 2. The third-order valence-electron chi connectivity index (χ3n) is 3.26. The van der Waals surface area contributed by atoms with Gasteiger partial charge in [0, 0.05) is 23.1 Å². The van der Waals surface area contributed by atoms with Crippen LogP contribution in [0, 0.1) is 0 Å². The first-order chi connectivity index (χ1) is 7.70. The molecule has 1 aliphatic heterocycles. The molecule has 1 aromatic rings. The maximum Gasteiger partial charge on any atom is 0.0515 e. The van der Waals surface area contributed by atoms with Crippen LogP contribution < -0.4 is 10.2 Å². The molecule has 2 unspecified atom stereocenters. The molecule has 0 spiro atoms. The summed E-state index contributed by atoms with van der Waals surface area (Å²) in [7, 11) is 0. The van der Waals surface area contributed by atoms with Crippen LogP contribution in [-0.2, 0) is 0 Å². The Morgan fingerprint density at radius 3 is 2.75 bits per heavy atom. The van der Waals surface area contributed by atoms with Gasteiger partial charge in [-0.1, -0.05) is 12.1 Å². The van der Waals surface area contributed by atoms with Crippen LogP contribution in [0.4, 0.5) is 5.69 Å². The lowest BCUT2D eigenvalue weighted by Crippen LogP contribution is -2.42. The second-order valence-corrected chi connectivity index (χ2v) is 5.40. The minimum absolute atomic E-state index is 0.538. The maximum atomic E-state index is 3.65. The van der Waals surface area contributed by atoms with Crippen molar-refractivity contribution < 1.29 is 0 Å². The third-order valence-corrected chi connectivity index (χ3v) is 3.93. The molecule has 2 atom stereocenters. The highest BCUT2D eigenvalue weighted by Gasteiger charge is 2.24. The van der Waals surface area contributed by atoms with Crippen LogP contribution in [0.3, 0.4) is 0 Å². The molecule has 1 aliphatic rings. The van der Waals surface area contributed by atoms with Crippen molar-refractivity contribution in [3.8, 4) is 0 Å². The van der Waals surface area contributed by atoms with Crippen molar-refractivity contribution in [2.24, 2.45) is 0 Å². The molecule has 1 aromatic carbocycles. The quantitative estimate of drug-likeness (QED) is 0.852. The molecular weight excluding hydrogens is 264 g/mol. The Morgan fingerprint density at radius 1 is 1.25 bits per heavy atom. The predicted molar refractivity (Wildman–Crippen MR) is 73.0 cm³/mol. The second kappa shape index (κ2) is 5.19. The molecule has 16 heavy (non-hydrogen) atoms. The monoisotopic (exact) mass is 282 g/mol. The molecule has 1 fully saturated rings. The maximum absolute atomic E-state index is 3.65. The topological polar surface area (TPSA) is 15.3 Å². The average Bonchev–Trinajstić information content (AvgIpc) is 2.42. The zero-order chi connectivity index (χ0) is 11.5. The van der Waals surface area contributed by atoms with Crippen molar-refractivity contribution in [2.75, 3.05) is 18.0 Å². The Morgan fingerprint density at radius 2 is 2.00 bits per heavy atom. The summed E-state index contributed by atoms with van der Waals surface area (Å²) in [4.78, 5) is 2.52. The van der Waals surface area contributed by atoms with Gasteiger partial charge in [0.25, 0.3) is 0 Å². The second-order valence-electron chi connectivity index (χ2n) is 4.55. The largest absolute Gasteiger partial charge is 0.364 e. The van der Waals surface area contributed by atoms with Crippen LogP contribution >= 0.6 is 15.9 Å². The van der Waals surface area contributed by atoms with Gasteiger partial charge in [0.05, 0.1) is 5.69 Å². The molecule has 0 aromatic heterocycles. The molecule has 0 radical (unpaired) electrons. The van der Waals surface area contributed by atoms with Gasteiger partial charge in [0.15, 0.2) is 0 Å². The molecule has 0 saturated carbocycles. The zero-order valence-corrected chi connectivity index (χ0v) is 11.5. The number of benzene rings is 1. The van der Waals surface area contributed by atoms with E-state index >= 15 is 0 Å². The van der Waals surface area contributed by atoms with Gasteiger partial charge in [0.2, 0.25) is 0 Å². The van der Waals surface area contributed by atoms with E-state index in [0.29, 0.717) is 12.1 Å². The Hall–Kier alpha value is -0.540. The standard InChI is InChI=1S/C13H19BrN2/c1-10-7-8-15-9-11(2)16(10)13-6-4-3-5-12(13)14/h3-6,10-11,15H,7-9H2,1-2H3. The highest BCUT2D eigenvalue weighted by Crippen LogP contribution is 2.30. The minimum Gasteiger partial charge on any atom is -0.364 e. The Kier molecular flexibility index (Phi) is 3.87. The normalized spacial score (nSPS) is 26.6. The fourth-order valence-corrected chi connectivity index (χ4v) is 2.92. The summed E-state index contributed by atoms with van der Waals surface area (Å²) in [6, 6.07) is 9.62. The third kappa shape index (κ3) is 2.41. The molecule has 1 N–H and O–H groups in total. The number of para-hydroxylation sites is 1. The zero-order valence-electron chi connectivity index (χ0n) is 9.91. The lowest BCUT2D eigenvalue weighted by atomic mass is 10.1. The van der Waals surface area contributed by atoms with Gasteiger partial charge in [-0.2, -0.15) is 0 Å². The van der Waals surface area contributed by atoms with Gasteiger partial charge in [0.1, 0.15) is 0 Å². The number of anilines is 1. The summed E-state index contributed by atoms with van der Waals surface area (Å²) in [6.45, 7) is 6.77. The van der Waals surface area contributed by atoms with Gasteiger partial charge in [-0.15, -0.1) is 0 Å². The van der Waals surface area contributed by atoms with Crippen LogP contribution in [-0.4, -0.2) is 25.2 Å². The average molecular weight is 283 g/mol. The fraction of sp³-hybridized carbons (Fsp3) is 0.538. The SMILES string of the molecule is CC1CCNCC(C)N1c1ccccc1Br. The molecular formula is C13H19BrN2. The first-order valence-electron chi connectivity index (χ1n) is 5.93. The Labute approximate surface area is 106 Å². The number of halogens is 1. The van der Waals surface area contributed by atoms with Gasteiger partial charge < -0.3 is 10.2 Å². The van der Waals surface area contributed by atoms with E-state index < -0.39 is 0 Å². The first-order valence-corrected chi connectivity index (χ1v) is 6.73. The number of hydrogen-bond donors (Lipinski definition) is 1. The molecule has 88 valence electrons. The van der Waals surface area contributed by atoms with Crippen LogP contribution in [0.1, 0.15) is 20.3 Å². The van der Waals surface area contributed by atoms with Crippen molar-refractivity contribution in [2.45, 2.75) is 32.4 Å². The number of nitrogens with one attached hydrogen (secondary N) is 1. The van der Waals surface area contributed by atoms with E-state index in [2.05, 4.69) is 64.3 Å². The highest BCUT2D eigenvalue weighted by molar-refractivity contribution is 9.10. The summed E-state index contributed by atoms with van der Waals surface area (Å²) in [5, 5.41) is 3.49. The molecule has 0 amide bonds. The first kappa shape index (κ1) is 11.9. The van der Waals surface area contributed by atoms with E-state index in [1.807, 2.05) is 0 Å². The van der Waals surface area contributed by atoms with Crippen molar-refractivity contribution in [3.05, 3.63) is 28.7 Å². The molecule has 0 bridgehead atoms. The Bertz CT molecular complexity index is 342. The van der Waals surface area contributed by atoms with E-state index in [-0.39, 0.29) is 0 Å². The van der Waals surface area contributed by atoms with E-state index in [1.54, 1.807) is 0 Å². The van der Waals surface area contributed by atoms with Gasteiger partial charge in [-0.25, -0.2) is 0 Å². The van der Waals surface area contributed by atoms with Gasteiger partial charge in [-0.3, -0.25) is 0 Å². The molecule has 3 heteroatoms. The van der Waals surface area contributed by atoms with E-state index in [1.165, 1.54) is 16.6 Å². The van der Waals surface area contributed by atoms with Crippen molar-refractivity contribution >= 4 is 21.6 Å². The summed E-state index contributed by atoms with van der Waals surface area (Å²) < 4.78 is 1.19. The lowest BCUT2D eigenvalue weighted by molar-refractivity contribution is 0.574. The van der Waals surface area contributed by atoms with E-state index in [9.17, 15) is 0 Å². The Balaban J connectivity index is 2.32. The van der Waals surface area contributed by atoms with Crippen LogP contribution in [0.2, 0.25) is 0 Å².